The number of anilines is 1. The average Bonchev–Trinajstić information content (AvgIpc) is 3.01. The number of thiazole rings is 1. The number of rotatable bonds is 3. The van der Waals surface area contributed by atoms with Gasteiger partial charge < -0.3 is 10.6 Å². The minimum atomic E-state index is -0.193. The Bertz CT molecular complexity index is 648. The molecule has 112 valence electrons. The molecule has 2 heterocycles. The molecule has 2 aromatic heterocycles. The number of nitrogens with one attached hydrogen (secondary N) is 2. The molecule has 1 aliphatic carbocycles. The molecule has 2 amide bonds. The molecule has 6 nitrogen and oxygen atoms in total. The minimum Gasteiger partial charge on any atom is -0.337 e. The van der Waals surface area contributed by atoms with Crippen LogP contribution < -0.4 is 10.6 Å². The van der Waals surface area contributed by atoms with Crippen LogP contribution in [0, 0.1) is 6.92 Å². The average molecular weight is 305 g/mol. The summed E-state index contributed by atoms with van der Waals surface area (Å²) < 4.78 is 1.65. The van der Waals surface area contributed by atoms with Crippen LogP contribution >= 0.6 is 11.3 Å². The zero-order valence-corrected chi connectivity index (χ0v) is 13.0. The molecule has 1 atom stereocenters. The summed E-state index contributed by atoms with van der Waals surface area (Å²) in [7, 11) is 1.82. The van der Waals surface area contributed by atoms with Gasteiger partial charge in [0.2, 0.25) is 0 Å². The summed E-state index contributed by atoms with van der Waals surface area (Å²) >= 11 is 1.78. The molecular formula is C14H19N5OS. The lowest BCUT2D eigenvalue weighted by Crippen LogP contribution is -2.33. The van der Waals surface area contributed by atoms with Gasteiger partial charge in [0.05, 0.1) is 22.6 Å². The number of aryl methyl sites for hydroxylation is 3. The fourth-order valence-corrected chi connectivity index (χ4v) is 3.77. The van der Waals surface area contributed by atoms with Gasteiger partial charge in [0.1, 0.15) is 0 Å². The monoisotopic (exact) mass is 305 g/mol. The van der Waals surface area contributed by atoms with Crippen molar-refractivity contribution in [3.8, 4) is 0 Å². The molecule has 0 spiro atoms. The Hall–Kier alpha value is -1.89. The van der Waals surface area contributed by atoms with Crippen LogP contribution in [-0.4, -0.2) is 27.3 Å². The van der Waals surface area contributed by atoms with E-state index in [9.17, 15) is 4.79 Å². The molecule has 2 aromatic rings. The van der Waals surface area contributed by atoms with Crippen molar-refractivity contribution in [2.75, 3.05) is 11.9 Å². The molecule has 1 aliphatic rings. The van der Waals surface area contributed by atoms with E-state index in [1.807, 2.05) is 14.0 Å². The lowest BCUT2D eigenvalue weighted by molar-refractivity contribution is 0.251. The van der Waals surface area contributed by atoms with Crippen molar-refractivity contribution in [3.63, 3.8) is 0 Å². The molecule has 0 bridgehead atoms. The Morgan fingerprint density at radius 1 is 1.57 bits per heavy atom. The van der Waals surface area contributed by atoms with Crippen LogP contribution in [0.1, 0.15) is 34.3 Å². The van der Waals surface area contributed by atoms with E-state index in [4.69, 9.17) is 0 Å². The van der Waals surface area contributed by atoms with Crippen molar-refractivity contribution >= 4 is 23.1 Å². The fourth-order valence-electron chi connectivity index (χ4n) is 2.70. The summed E-state index contributed by atoms with van der Waals surface area (Å²) in [6.45, 7) is 2.67. The molecule has 21 heavy (non-hydrogen) atoms. The molecule has 0 radical (unpaired) electrons. The third-order valence-electron chi connectivity index (χ3n) is 3.65. The third kappa shape index (κ3) is 3.24. The second kappa shape index (κ2) is 5.85. The summed E-state index contributed by atoms with van der Waals surface area (Å²) in [5.41, 5.74) is 1.88. The standard InChI is InChI=1S/C14H19N5OS/c1-9-17-13-10(4-3-5-12(13)21-9)6-15-14(20)18-11-7-16-19(2)8-11/h7-8,10H,3-6H2,1-2H3,(H2,15,18,20)/t10-/m1/s1. The number of nitrogens with zero attached hydrogens (tertiary/aromatic N) is 3. The predicted octanol–water partition coefficient (Wildman–Crippen LogP) is 2.43. The first-order chi connectivity index (χ1) is 10.1. The Kier molecular flexibility index (Phi) is 3.92. The molecule has 0 fully saturated rings. The molecule has 3 rings (SSSR count). The van der Waals surface area contributed by atoms with Gasteiger partial charge in [0, 0.05) is 30.6 Å². The van der Waals surface area contributed by atoms with Crippen LogP contribution in [0.4, 0.5) is 10.5 Å². The number of aromatic nitrogens is 3. The summed E-state index contributed by atoms with van der Waals surface area (Å²) in [4.78, 5) is 17.9. The Morgan fingerprint density at radius 3 is 3.19 bits per heavy atom. The van der Waals surface area contributed by atoms with Crippen molar-refractivity contribution in [1.82, 2.24) is 20.1 Å². The highest BCUT2D eigenvalue weighted by atomic mass is 32.1. The van der Waals surface area contributed by atoms with Crippen molar-refractivity contribution in [2.24, 2.45) is 7.05 Å². The van der Waals surface area contributed by atoms with Gasteiger partial charge >= 0.3 is 6.03 Å². The summed E-state index contributed by atoms with van der Waals surface area (Å²) in [6.07, 6.45) is 6.78. The first-order valence-corrected chi connectivity index (χ1v) is 7.93. The number of carbonyl (C=O) groups excluding carboxylic acids is 1. The summed E-state index contributed by atoms with van der Waals surface area (Å²) in [5.74, 6) is 0.332. The first-order valence-electron chi connectivity index (χ1n) is 7.11. The largest absolute Gasteiger partial charge is 0.337 e. The van der Waals surface area contributed by atoms with Gasteiger partial charge in [-0.25, -0.2) is 9.78 Å². The molecule has 0 aromatic carbocycles. The predicted molar refractivity (Wildman–Crippen MR) is 82.8 cm³/mol. The van der Waals surface area contributed by atoms with Crippen molar-refractivity contribution in [1.29, 1.82) is 0 Å². The normalized spacial score (nSPS) is 17.3. The Labute approximate surface area is 127 Å². The van der Waals surface area contributed by atoms with E-state index >= 15 is 0 Å². The smallest absolute Gasteiger partial charge is 0.319 e. The summed E-state index contributed by atoms with van der Waals surface area (Å²) in [5, 5.41) is 10.9. The Balaban J connectivity index is 1.57. The quantitative estimate of drug-likeness (QED) is 0.915. The SMILES string of the molecule is Cc1nc2c(s1)CCC[C@@H]2CNC(=O)Nc1cnn(C)c1. The number of carbonyl (C=O) groups is 1. The molecule has 0 saturated carbocycles. The minimum absolute atomic E-state index is 0.193. The molecule has 0 unspecified atom stereocenters. The van der Waals surface area contributed by atoms with E-state index < -0.39 is 0 Å². The Morgan fingerprint density at radius 2 is 2.43 bits per heavy atom. The highest BCUT2D eigenvalue weighted by Gasteiger charge is 2.24. The topological polar surface area (TPSA) is 71.8 Å². The second-order valence-corrected chi connectivity index (χ2v) is 6.66. The van der Waals surface area contributed by atoms with Crippen LogP contribution in [0.3, 0.4) is 0 Å². The molecule has 2 N–H and O–H groups in total. The van der Waals surface area contributed by atoms with Gasteiger partial charge in [-0.1, -0.05) is 0 Å². The van der Waals surface area contributed by atoms with Gasteiger partial charge in [-0.3, -0.25) is 4.68 Å². The van der Waals surface area contributed by atoms with Crippen LogP contribution in [0.5, 0.6) is 0 Å². The maximum absolute atomic E-state index is 11.9. The fraction of sp³-hybridized carbons (Fsp3) is 0.500. The van der Waals surface area contributed by atoms with E-state index in [1.54, 1.807) is 28.4 Å². The van der Waals surface area contributed by atoms with Crippen molar-refractivity contribution in [3.05, 3.63) is 28.0 Å². The van der Waals surface area contributed by atoms with Gasteiger partial charge in [0.15, 0.2) is 0 Å². The molecule has 0 aliphatic heterocycles. The van der Waals surface area contributed by atoms with Crippen LogP contribution in [0.25, 0.3) is 0 Å². The number of fused-ring (bicyclic) bond motifs is 1. The van der Waals surface area contributed by atoms with Gasteiger partial charge in [0.25, 0.3) is 0 Å². The maximum atomic E-state index is 11.9. The number of urea groups is 1. The summed E-state index contributed by atoms with van der Waals surface area (Å²) in [6, 6.07) is -0.193. The van der Waals surface area contributed by atoms with E-state index in [1.165, 1.54) is 17.0 Å². The van der Waals surface area contributed by atoms with Crippen molar-refractivity contribution < 1.29 is 4.79 Å². The zero-order valence-electron chi connectivity index (χ0n) is 12.2. The van der Waals surface area contributed by atoms with Gasteiger partial charge in [-0.2, -0.15) is 5.10 Å². The molecule has 7 heteroatoms. The molecule has 0 saturated heterocycles. The van der Waals surface area contributed by atoms with Crippen LogP contribution in [0.15, 0.2) is 12.4 Å². The number of amides is 2. The van der Waals surface area contributed by atoms with Crippen molar-refractivity contribution in [2.45, 2.75) is 32.1 Å². The van der Waals surface area contributed by atoms with Crippen LogP contribution in [0.2, 0.25) is 0 Å². The lowest BCUT2D eigenvalue weighted by Gasteiger charge is -2.21. The van der Waals surface area contributed by atoms with E-state index in [2.05, 4.69) is 20.7 Å². The van der Waals surface area contributed by atoms with E-state index in [0.29, 0.717) is 18.2 Å². The van der Waals surface area contributed by atoms with Gasteiger partial charge in [-0.05, 0) is 26.2 Å². The number of hydrogen-bond acceptors (Lipinski definition) is 4. The highest BCUT2D eigenvalue weighted by molar-refractivity contribution is 7.11. The first kappa shape index (κ1) is 14.1. The van der Waals surface area contributed by atoms with Gasteiger partial charge in [-0.15, -0.1) is 11.3 Å². The zero-order chi connectivity index (χ0) is 14.8. The number of hydrogen-bond donors (Lipinski definition) is 2. The highest BCUT2D eigenvalue weighted by Crippen LogP contribution is 2.34. The maximum Gasteiger partial charge on any atom is 0.319 e. The van der Waals surface area contributed by atoms with Crippen LogP contribution in [-0.2, 0) is 13.5 Å². The second-order valence-electron chi connectivity index (χ2n) is 5.37. The van der Waals surface area contributed by atoms with E-state index in [0.717, 1.165) is 17.8 Å². The van der Waals surface area contributed by atoms with E-state index in [-0.39, 0.29) is 6.03 Å². The lowest BCUT2D eigenvalue weighted by atomic mass is 9.91. The third-order valence-corrected chi connectivity index (χ3v) is 4.70. The molecular weight excluding hydrogens is 286 g/mol.